The van der Waals surface area contributed by atoms with Crippen LogP contribution in [0, 0.1) is 0 Å². The fraction of sp³-hybridized carbons (Fsp3) is 0.250. The first-order valence-electron chi connectivity index (χ1n) is 4.89. The summed E-state index contributed by atoms with van der Waals surface area (Å²) in [4.78, 5) is 13.3. The Morgan fingerprint density at radius 1 is 1.40 bits per heavy atom. The number of carbonyl (C=O) groups excluding carboxylic acids is 1. The van der Waals surface area contributed by atoms with Crippen LogP contribution in [0.5, 0.6) is 0 Å². The molecule has 0 saturated carbocycles. The van der Waals surface area contributed by atoms with E-state index in [1.165, 1.54) is 6.08 Å². The average molecular weight is 221 g/mol. The van der Waals surface area contributed by atoms with Gasteiger partial charge >= 0.3 is 0 Å². The number of nitrogens with zero attached hydrogens (tertiary/aromatic N) is 1. The van der Waals surface area contributed by atoms with Crippen molar-refractivity contribution in [3.63, 3.8) is 0 Å². The predicted octanol–water partition coefficient (Wildman–Crippen LogP) is 2.53. The van der Waals surface area contributed by atoms with Gasteiger partial charge in [0.05, 0.1) is 0 Å². The smallest absolute Gasteiger partial charge is 0.250 e. The molecule has 0 unspecified atom stereocenters. The largest absolute Gasteiger partial charge is 0.309 e. The molecule has 80 valence electrons. The quantitative estimate of drug-likeness (QED) is 0.598. The van der Waals surface area contributed by atoms with Crippen molar-refractivity contribution in [2.45, 2.75) is 6.42 Å². The number of carbonyl (C=O) groups is 1. The second-order valence-corrected chi connectivity index (χ2v) is 3.55. The average Bonchev–Trinajstić information content (AvgIpc) is 2.30. The van der Waals surface area contributed by atoms with Crippen molar-refractivity contribution in [3.05, 3.63) is 43.0 Å². The molecular formula is C12H15NOS. The standard InChI is InChI=1S/C12H15NOS/c1-2-12(14)13(9-6-10-15)11-7-4-3-5-8-11/h2-5,7-8,15H,1,6,9-10H2. The van der Waals surface area contributed by atoms with Gasteiger partial charge in [0, 0.05) is 12.2 Å². The van der Waals surface area contributed by atoms with Crippen molar-refractivity contribution >= 4 is 24.2 Å². The topological polar surface area (TPSA) is 20.3 Å². The highest BCUT2D eigenvalue weighted by atomic mass is 32.1. The molecule has 0 spiro atoms. The van der Waals surface area contributed by atoms with Gasteiger partial charge in [0.25, 0.3) is 0 Å². The van der Waals surface area contributed by atoms with Gasteiger partial charge in [-0.1, -0.05) is 24.8 Å². The molecule has 0 aliphatic carbocycles. The predicted molar refractivity (Wildman–Crippen MR) is 67.5 cm³/mol. The minimum absolute atomic E-state index is 0.0667. The molecule has 0 bridgehead atoms. The summed E-state index contributed by atoms with van der Waals surface area (Å²) in [6, 6.07) is 9.59. The molecule has 0 aromatic heterocycles. The first-order chi connectivity index (χ1) is 7.29. The molecule has 1 rings (SSSR count). The van der Waals surface area contributed by atoms with E-state index >= 15 is 0 Å². The number of amides is 1. The first kappa shape index (κ1) is 11.9. The van der Waals surface area contributed by atoms with Crippen molar-refractivity contribution in [2.24, 2.45) is 0 Å². The number of thiol groups is 1. The van der Waals surface area contributed by atoms with Crippen LogP contribution in [0.4, 0.5) is 5.69 Å². The van der Waals surface area contributed by atoms with E-state index in [0.717, 1.165) is 17.9 Å². The summed E-state index contributed by atoms with van der Waals surface area (Å²) < 4.78 is 0. The third-order valence-corrected chi connectivity index (χ3v) is 2.36. The minimum atomic E-state index is -0.0667. The van der Waals surface area contributed by atoms with Gasteiger partial charge in [0.2, 0.25) is 5.91 Å². The van der Waals surface area contributed by atoms with Gasteiger partial charge in [-0.25, -0.2) is 0 Å². The lowest BCUT2D eigenvalue weighted by molar-refractivity contribution is -0.114. The Bertz CT molecular complexity index is 324. The SMILES string of the molecule is C=CC(=O)N(CCCS)c1ccccc1. The van der Waals surface area contributed by atoms with E-state index in [4.69, 9.17) is 0 Å². The van der Waals surface area contributed by atoms with Crippen molar-refractivity contribution in [1.29, 1.82) is 0 Å². The van der Waals surface area contributed by atoms with Crippen LogP contribution in [0.15, 0.2) is 43.0 Å². The van der Waals surface area contributed by atoms with E-state index in [1.807, 2.05) is 30.3 Å². The van der Waals surface area contributed by atoms with Gasteiger partial charge in [-0.15, -0.1) is 0 Å². The summed E-state index contributed by atoms with van der Waals surface area (Å²) in [5.74, 6) is 0.705. The molecule has 1 aromatic carbocycles. The number of benzene rings is 1. The van der Waals surface area contributed by atoms with Crippen LogP contribution in [-0.2, 0) is 4.79 Å². The number of hydrogen-bond acceptors (Lipinski definition) is 2. The van der Waals surface area contributed by atoms with Crippen LogP contribution in [-0.4, -0.2) is 18.2 Å². The number of rotatable bonds is 5. The molecule has 0 heterocycles. The molecule has 15 heavy (non-hydrogen) atoms. The van der Waals surface area contributed by atoms with Crippen molar-refractivity contribution in [2.75, 3.05) is 17.2 Å². The second kappa shape index (κ2) is 6.30. The Morgan fingerprint density at radius 3 is 2.60 bits per heavy atom. The number of hydrogen-bond donors (Lipinski definition) is 1. The maximum Gasteiger partial charge on any atom is 0.250 e. The Hall–Kier alpha value is -1.22. The van der Waals surface area contributed by atoms with Gasteiger partial charge in [-0.3, -0.25) is 4.79 Å². The molecule has 0 N–H and O–H groups in total. The number of para-hydroxylation sites is 1. The maximum atomic E-state index is 11.6. The zero-order valence-corrected chi connectivity index (χ0v) is 9.49. The van der Waals surface area contributed by atoms with E-state index < -0.39 is 0 Å². The molecule has 0 radical (unpaired) electrons. The maximum absolute atomic E-state index is 11.6. The lowest BCUT2D eigenvalue weighted by atomic mass is 10.2. The van der Waals surface area contributed by atoms with Crippen molar-refractivity contribution in [3.8, 4) is 0 Å². The normalized spacial score (nSPS) is 9.67. The molecule has 0 aliphatic rings. The molecule has 1 amide bonds. The molecule has 3 heteroatoms. The zero-order valence-electron chi connectivity index (χ0n) is 8.60. The lowest BCUT2D eigenvalue weighted by Gasteiger charge is -2.20. The summed E-state index contributed by atoms with van der Waals surface area (Å²) in [7, 11) is 0. The van der Waals surface area contributed by atoms with E-state index in [1.54, 1.807) is 4.90 Å². The Kier molecular flexibility index (Phi) is 4.98. The molecule has 2 nitrogen and oxygen atoms in total. The molecule has 0 saturated heterocycles. The van der Waals surface area contributed by atoms with Gasteiger partial charge in [0.15, 0.2) is 0 Å². The van der Waals surface area contributed by atoms with E-state index in [0.29, 0.717) is 6.54 Å². The summed E-state index contributed by atoms with van der Waals surface area (Å²) >= 11 is 4.14. The van der Waals surface area contributed by atoms with Crippen LogP contribution in [0.25, 0.3) is 0 Å². The fourth-order valence-electron chi connectivity index (χ4n) is 1.31. The highest BCUT2D eigenvalue weighted by Crippen LogP contribution is 2.14. The molecular weight excluding hydrogens is 206 g/mol. The van der Waals surface area contributed by atoms with Crippen LogP contribution in [0.3, 0.4) is 0 Å². The van der Waals surface area contributed by atoms with Gasteiger partial charge in [0.1, 0.15) is 0 Å². The fourth-order valence-corrected chi connectivity index (χ4v) is 1.45. The Labute approximate surface area is 96.0 Å². The van der Waals surface area contributed by atoms with Crippen LogP contribution < -0.4 is 4.90 Å². The summed E-state index contributed by atoms with van der Waals surface area (Å²) in [5, 5.41) is 0. The highest BCUT2D eigenvalue weighted by Gasteiger charge is 2.10. The summed E-state index contributed by atoms with van der Waals surface area (Å²) in [5.41, 5.74) is 0.907. The van der Waals surface area contributed by atoms with E-state index in [-0.39, 0.29) is 5.91 Å². The van der Waals surface area contributed by atoms with Crippen LogP contribution >= 0.6 is 12.6 Å². The van der Waals surface area contributed by atoms with E-state index in [9.17, 15) is 4.79 Å². The Morgan fingerprint density at radius 2 is 2.07 bits per heavy atom. The summed E-state index contributed by atoms with van der Waals surface area (Å²) in [6.45, 7) is 4.18. The van der Waals surface area contributed by atoms with Crippen molar-refractivity contribution < 1.29 is 4.79 Å². The Balaban J connectivity index is 2.81. The third-order valence-electron chi connectivity index (χ3n) is 2.05. The third kappa shape index (κ3) is 3.44. The summed E-state index contributed by atoms with van der Waals surface area (Å²) in [6.07, 6.45) is 2.21. The van der Waals surface area contributed by atoms with Crippen LogP contribution in [0.2, 0.25) is 0 Å². The first-order valence-corrected chi connectivity index (χ1v) is 5.52. The van der Waals surface area contributed by atoms with Crippen LogP contribution in [0.1, 0.15) is 6.42 Å². The highest BCUT2D eigenvalue weighted by molar-refractivity contribution is 7.80. The van der Waals surface area contributed by atoms with Gasteiger partial charge in [-0.05, 0) is 30.4 Å². The number of anilines is 1. The van der Waals surface area contributed by atoms with Gasteiger partial charge < -0.3 is 4.90 Å². The molecule has 0 atom stereocenters. The lowest BCUT2D eigenvalue weighted by Crippen LogP contribution is -2.30. The minimum Gasteiger partial charge on any atom is -0.309 e. The molecule has 0 aliphatic heterocycles. The van der Waals surface area contributed by atoms with E-state index in [2.05, 4.69) is 19.2 Å². The zero-order chi connectivity index (χ0) is 11.1. The molecule has 1 aromatic rings. The second-order valence-electron chi connectivity index (χ2n) is 3.11. The van der Waals surface area contributed by atoms with Crippen molar-refractivity contribution in [1.82, 2.24) is 0 Å². The monoisotopic (exact) mass is 221 g/mol. The van der Waals surface area contributed by atoms with Gasteiger partial charge in [-0.2, -0.15) is 12.6 Å². The molecule has 0 fully saturated rings.